The SMILES string of the molecule is Nc1cc(-c2ccnc(Nc3ccnc(N4CCC[C@H]4CO)c3)n2)ccc1OC1CCOCC1. The summed E-state index contributed by atoms with van der Waals surface area (Å²) in [6.07, 6.45) is 7.38. The first kappa shape index (κ1) is 22.4. The van der Waals surface area contributed by atoms with Crippen molar-refractivity contribution in [2.75, 3.05) is 42.3 Å². The van der Waals surface area contributed by atoms with Gasteiger partial charge in [0.1, 0.15) is 17.7 Å². The topological polar surface area (TPSA) is 119 Å². The Labute approximate surface area is 199 Å². The van der Waals surface area contributed by atoms with Crippen LogP contribution in [0.15, 0.2) is 48.8 Å². The molecule has 0 unspecified atom stereocenters. The fourth-order valence-corrected chi connectivity index (χ4v) is 4.48. The number of aliphatic hydroxyl groups excluding tert-OH is 1. The summed E-state index contributed by atoms with van der Waals surface area (Å²) in [5.41, 5.74) is 9.36. The third kappa shape index (κ3) is 5.05. The molecule has 5 rings (SSSR count). The highest BCUT2D eigenvalue weighted by Crippen LogP contribution is 2.31. The number of rotatable bonds is 7. The summed E-state index contributed by atoms with van der Waals surface area (Å²) in [4.78, 5) is 15.7. The molecule has 2 aliphatic rings. The van der Waals surface area contributed by atoms with E-state index in [4.69, 9.17) is 15.2 Å². The molecule has 1 aromatic carbocycles. The molecule has 2 fully saturated rings. The molecule has 0 amide bonds. The lowest BCUT2D eigenvalue weighted by molar-refractivity contribution is 0.0259. The van der Waals surface area contributed by atoms with Gasteiger partial charge in [-0.1, -0.05) is 0 Å². The summed E-state index contributed by atoms with van der Waals surface area (Å²) in [7, 11) is 0. The first-order chi connectivity index (χ1) is 16.7. The van der Waals surface area contributed by atoms with Crippen LogP contribution in [-0.4, -0.2) is 58.6 Å². The molecular weight excluding hydrogens is 432 g/mol. The van der Waals surface area contributed by atoms with Gasteiger partial charge in [-0.05, 0) is 43.2 Å². The van der Waals surface area contributed by atoms with Crippen molar-refractivity contribution < 1.29 is 14.6 Å². The van der Waals surface area contributed by atoms with Gasteiger partial charge in [0.15, 0.2) is 0 Å². The van der Waals surface area contributed by atoms with Crippen LogP contribution in [0.2, 0.25) is 0 Å². The Kier molecular flexibility index (Phi) is 6.73. The normalized spacial score (nSPS) is 18.7. The van der Waals surface area contributed by atoms with E-state index in [1.165, 1.54) is 0 Å². The molecule has 178 valence electrons. The van der Waals surface area contributed by atoms with Gasteiger partial charge in [0, 0.05) is 49.1 Å². The average molecular weight is 463 g/mol. The van der Waals surface area contributed by atoms with Crippen LogP contribution in [0.5, 0.6) is 5.75 Å². The predicted molar refractivity (Wildman–Crippen MR) is 131 cm³/mol. The van der Waals surface area contributed by atoms with Crippen molar-refractivity contribution in [3.63, 3.8) is 0 Å². The monoisotopic (exact) mass is 462 g/mol. The minimum Gasteiger partial charge on any atom is -0.488 e. The zero-order valence-corrected chi connectivity index (χ0v) is 19.1. The number of aliphatic hydroxyl groups is 1. The van der Waals surface area contributed by atoms with Crippen molar-refractivity contribution >= 4 is 23.1 Å². The van der Waals surface area contributed by atoms with Crippen molar-refractivity contribution in [2.24, 2.45) is 0 Å². The van der Waals surface area contributed by atoms with E-state index in [9.17, 15) is 5.11 Å². The second-order valence-electron chi connectivity index (χ2n) is 8.65. The zero-order valence-electron chi connectivity index (χ0n) is 19.1. The van der Waals surface area contributed by atoms with E-state index in [2.05, 4.69) is 25.2 Å². The minimum atomic E-state index is 0.117. The summed E-state index contributed by atoms with van der Waals surface area (Å²) in [5.74, 6) is 2.01. The molecular formula is C25H30N6O3. The maximum Gasteiger partial charge on any atom is 0.227 e. The number of pyridine rings is 1. The number of anilines is 4. The lowest BCUT2D eigenvalue weighted by atomic mass is 10.1. The second-order valence-corrected chi connectivity index (χ2v) is 8.65. The lowest BCUT2D eigenvalue weighted by Gasteiger charge is -2.24. The quantitative estimate of drug-likeness (QED) is 0.454. The molecule has 0 aliphatic carbocycles. The highest BCUT2D eigenvalue weighted by molar-refractivity contribution is 5.69. The first-order valence-corrected chi connectivity index (χ1v) is 11.8. The number of nitrogens with zero attached hydrogens (tertiary/aromatic N) is 4. The molecule has 34 heavy (non-hydrogen) atoms. The molecule has 9 heteroatoms. The highest BCUT2D eigenvalue weighted by atomic mass is 16.5. The number of hydrogen-bond donors (Lipinski definition) is 3. The van der Waals surface area contributed by atoms with Gasteiger partial charge in [-0.25, -0.2) is 15.0 Å². The largest absolute Gasteiger partial charge is 0.488 e. The Morgan fingerprint density at radius 2 is 1.94 bits per heavy atom. The van der Waals surface area contributed by atoms with Crippen LogP contribution in [0.3, 0.4) is 0 Å². The molecule has 0 saturated carbocycles. The van der Waals surface area contributed by atoms with Crippen molar-refractivity contribution in [2.45, 2.75) is 37.8 Å². The third-order valence-electron chi connectivity index (χ3n) is 6.31. The molecule has 4 N–H and O–H groups in total. The molecule has 3 aromatic rings. The lowest BCUT2D eigenvalue weighted by Crippen LogP contribution is -2.32. The Morgan fingerprint density at radius 3 is 2.76 bits per heavy atom. The molecule has 0 radical (unpaired) electrons. The summed E-state index contributed by atoms with van der Waals surface area (Å²) < 4.78 is 11.5. The van der Waals surface area contributed by atoms with E-state index in [1.54, 1.807) is 12.4 Å². The first-order valence-electron chi connectivity index (χ1n) is 11.8. The van der Waals surface area contributed by atoms with Gasteiger partial charge in [0.25, 0.3) is 0 Å². The molecule has 2 aliphatic heterocycles. The van der Waals surface area contributed by atoms with Gasteiger partial charge in [-0.3, -0.25) is 0 Å². The van der Waals surface area contributed by atoms with Crippen LogP contribution in [-0.2, 0) is 4.74 Å². The Morgan fingerprint density at radius 1 is 1.09 bits per heavy atom. The number of ether oxygens (including phenoxy) is 2. The molecule has 2 aromatic heterocycles. The predicted octanol–water partition coefficient (Wildman–Crippen LogP) is 3.38. The smallest absolute Gasteiger partial charge is 0.227 e. The number of nitrogens with one attached hydrogen (secondary N) is 1. The Balaban J connectivity index is 1.30. The van der Waals surface area contributed by atoms with Crippen LogP contribution < -0.4 is 20.7 Å². The van der Waals surface area contributed by atoms with Gasteiger partial charge < -0.3 is 30.5 Å². The van der Waals surface area contributed by atoms with E-state index in [1.807, 2.05) is 36.4 Å². The van der Waals surface area contributed by atoms with Crippen LogP contribution in [0.25, 0.3) is 11.3 Å². The fraction of sp³-hybridized carbons (Fsp3) is 0.400. The summed E-state index contributed by atoms with van der Waals surface area (Å²) in [5, 5.41) is 12.9. The van der Waals surface area contributed by atoms with Crippen LogP contribution in [0.1, 0.15) is 25.7 Å². The summed E-state index contributed by atoms with van der Waals surface area (Å²) in [6.45, 7) is 2.46. The average Bonchev–Trinajstić information content (AvgIpc) is 3.35. The maximum absolute atomic E-state index is 9.63. The number of aromatic nitrogens is 3. The van der Waals surface area contributed by atoms with Gasteiger partial charge >= 0.3 is 0 Å². The van der Waals surface area contributed by atoms with E-state index in [0.717, 1.165) is 68.2 Å². The molecule has 9 nitrogen and oxygen atoms in total. The van der Waals surface area contributed by atoms with Gasteiger partial charge in [0.05, 0.1) is 37.2 Å². The summed E-state index contributed by atoms with van der Waals surface area (Å²) in [6, 6.07) is 11.6. The fourth-order valence-electron chi connectivity index (χ4n) is 4.48. The van der Waals surface area contributed by atoms with Gasteiger partial charge in [-0.2, -0.15) is 0 Å². The standard InChI is InChI=1S/C25H30N6O3/c26-21-14-17(3-4-23(21)34-20-7-12-33-13-8-20)22-6-10-28-25(30-22)29-18-5-9-27-24(15-18)31-11-1-2-19(31)16-32/h3-6,9-10,14-15,19-20,32H,1-2,7-8,11-13,16,26H2,(H,27,28,29,30)/t19-/m0/s1. The Bertz CT molecular complexity index is 1120. The van der Waals surface area contributed by atoms with Gasteiger partial charge in [0.2, 0.25) is 5.95 Å². The van der Waals surface area contributed by atoms with E-state index >= 15 is 0 Å². The number of nitrogen functional groups attached to an aromatic ring is 1. The molecule has 0 bridgehead atoms. The zero-order chi connectivity index (χ0) is 23.3. The van der Waals surface area contributed by atoms with Gasteiger partial charge in [-0.15, -0.1) is 0 Å². The summed E-state index contributed by atoms with van der Waals surface area (Å²) >= 11 is 0. The third-order valence-corrected chi connectivity index (χ3v) is 6.31. The molecule has 1 atom stereocenters. The number of benzene rings is 1. The second kappa shape index (κ2) is 10.2. The van der Waals surface area contributed by atoms with Crippen LogP contribution in [0, 0.1) is 0 Å². The van der Waals surface area contributed by atoms with Crippen molar-refractivity contribution in [1.82, 2.24) is 15.0 Å². The maximum atomic E-state index is 9.63. The Hall–Kier alpha value is -3.43. The minimum absolute atomic E-state index is 0.117. The van der Waals surface area contributed by atoms with Crippen LogP contribution >= 0.6 is 0 Å². The molecule has 4 heterocycles. The van der Waals surface area contributed by atoms with Crippen molar-refractivity contribution in [1.29, 1.82) is 0 Å². The molecule has 2 saturated heterocycles. The van der Waals surface area contributed by atoms with E-state index in [-0.39, 0.29) is 18.8 Å². The van der Waals surface area contributed by atoms with E-state index < -0.39 is 0 Å². The number of nitrogens with two attached hydrogens (primary N) is 1. The highest BCUT2D eigenvalue weighted by Gasteiger charge is 2.25. The van der Waals surface area contributed by atoms with E-state index in [0.29, 0.717) is 17.4 Å². The van der Waals surface area contributed by atoms with Crippen molar-refractivity contribution in [3.8, 4) is 17.0 Å². The molecule has 0 spiro atoms. The van der Waals surface area contributed by atoms with Crippen LogP contribution in [0.4, 0.5) is 23.1 Å². The van der Waals surface area contributed by atoms with Crippen molar-refractivity contribution in [3.05, 3.63) is 48.8 Å². The number of hydrogen-bond acceptors (Lipinski definition) is 9.